The SMILES string of the molecule is CC1C[C@H]2CCC[C@@H](C1)C21c2ccccc2S(=O)(=O)c2cc(N(c3ccc(-c4ccccc4-c4cccc5sc6ccccc6c45)cc3)c3ccc4c(c3)C(C)(C)c3ccccc3-4)ccc21. The second-order valence-corrected chi connectivity index (χ2v) is 23.0. The third-order valence-corrected chi connectivity index (χ3v) is 19.2. The fourth-order valence-corrected chi connectivity index (χ4v) is 16.5. The number of fused-ring (bicyclic) bond motifs is 8. The first kappa shape index (κ1) is 40.0. The van der Waals surface area contributed by atoms with Crippen LogP contribution in [0.1, 0.15) is 75.1 Å². The number of hydrogen-bond acceptors (Lipinski definition) is 4. The molecule has 0 radical (unpaired) electrons. The molecule has 4 atom stereocenters. The summed E-state index contributed by atoms with van der Waals surface area (Å²) in [6, 6.07) is 63.2. The van der Waals surface area contributed by atoms with E-state index in [0.29, 0.717) is 27.5 Å². The molecule has 0 N–H and O–H groups in total. The molecule has 13 rings (SSSR count). The van der Waals surface area contributed by atoms with Crippen LogP contribution < -0.4 is 4.90 Å². The van der Waals surface area contributed by atoms with Crippen LogP contribution in [-0.2, 0) is 20.7 Å². The van der Waals surface area contributed by atoms with Crippen LogP contribution in [0.25, 0.3) is 53.6 Å². The molecule has 1 aliphatic heterocycles. The van der Waals surface area contributed by atoms with Gasteiger partial charge in [0.25, 0.3) is 0 Å². The molecule has 324 valence electrons. The maximum Gasteiger partial charge on any atom is 0.207 e. The van der Waals surface area contributed by atoms with E-state index in [-0.39, 0.29) is 10.8 Å². The summed E-state index contributed by atoms with van der Waals surface area (Å²) in [4.78, 5) is 3.27. The van der Waals surface area contributed by atoms with E-state index in [1.165, 1.54) is 65.5 Å². The van der Waals surface area contributed by atoms with E-state index in [9.17, 15) is 0 Å². The van der Waals surface area contributed by atoms with Crippen LogP contribution in [-0.4, -0.2) is 8.42 Å². The molecule has 4 aliphatic rings. The van der Waals surface area contributed by atoms with Crippen molar-refractivity contribution in [1.29, 1.82) is 0 Å². The van der Waals surface area contributed by atoms with Gasteiger partial charge in [-0.15, -0.1) is 11.3 Å². The lowest BCUT2D eigenvalue weighted by Gasteiger charge is -2.57. The fourth-order valence-electron chi connectivity index (χ4n) is 13.5. The highest BCUT2D eigenvalue weighted by Gasteiger charge is 2.58. The summed E-state index contributed by atoms with van der Waals surface area (Å²) >= 11 is 1.85. The molecule has 1 aromatic heterocycles. The maximum absolute atomic E-state index is 15.2. The maximum atomic E-state index is 15.2. The standard InChI is InChI=1S/C61H51NO2S2/c1-38-34-40-14-12-15-41(35-38)61(40)52-22-9-11-25-57(52)66(63,64)58-37-44(31-33-53(58)61)62(43-30-32-48-47-18-6-8-21-51(47)60(2,3)54(48)36-43)42-28-26-39(27-29-42)45-16-4-5-17-46(45)49-20-13-24-56-59(49)50-19-7-10-23-55(50)65-56/h4-11,13,16-33,36-38,40-41H,12,14-15,34-35H2,1-3H3/t38?,40-,41+,61?. The normalized spacial score (nSPS) is 21.8. The minimum absolute atomic E-state index is 0.205. The van der Waals surface area contributed by atoms with Crippen molar-refractivity contribution in [2.45, 2.75) is 73.5 Å². The molecule has 3 nitrogen and oxygen atoms in total. The van der Waals surface area contributed by atoms with E-state index in [4.69, 9.17) is 0 Å². The molecule has 2 heterocycles. The third-order valence-electron chi connectivity index (χ3n) is 16.2. The molecule has 1 spiro atoms. The minimum atomic E-state index is -3.83. The topological polar surface area (TPSA) is 37.4 Å². The van der Waals surface area contributed by atoms with Crippen molar-refractivity contribution in [3.05, 3.63) is 198 Å². The van der Waals surface area contributed by atoms with Gasteiger partial charge in [0.05, 0.1) is 9.79 Å². The number of hydrogen-bond donors (Lipinski definition) is 0. The van der Waals surface area contributed by atoms with Gasteiger partial charge in [-0.05, 0) is 154 Å². The lowest BCUT2D eigenvalue weighted by Crippen LogP contribution is -2.53. The van der Waals surface area contributed by atoms with Gasteiger partial charge < -0.3 is 4.90 Å². The van der Waals surface area contributed by atoms with E-state index >= 15 is 8.42 Å². The number of anilines is 3. The molecule has 9 aromatic rings. The predicted molar refractivity (Wildman–Crippen MR) is 274 cm³/mol. The summed E-state index contributed by atoms with van der Waals surface area (Å²) in [5, 5.41) is 2.59. The Balaban J connectivity index is 0.988. The average Bonchev–Trinajstić information content (AvgIpc) is 3.83. The number of nitrogens with zero attached hydrogens (tertiary/aromatic N) is 1. The highest BCUT2D eigenvalue weighted by Crippen LogP contribution is 2.64. The molecule has 5 heteroatoms. The molecule has 8 aromatic carbocycles. The Morgan fingerprint density at radius 1 is 0.515 bits per heavy atom. The van der Waals surface area contributed by atoms with Crippen LogP contribution in [0.4, 0.5) is 17.1 Å². The fraction of sp³-hybridized carbons (Fsp3) is 0.213. The van der Waals surface area contributed by atoms with Crippen molar-refractivity contribution >= 4 is 58.4 Å². The summed E-state index contributed by atoms with van der Waals surface area (Å²) in [7, 11) is -3.83. The molecule has 0 saturated heterocycles. The van der Waals surface area contributed by atoms with Crippen molar-refractivity contribution in [2.75, 3.05) is 4.90 Å². The van der Waals surface area contributed by atoms with E-state index in [0.717, 1.165) is 59.4 Å². The minimum Gasteiger partial charge on any atom is -0.310 e. The van der Waals surface area contributed by atoms with Crippen LogP contribution >= 0.6 is 11.3 Å². The van der Waals surface area contributed by atoms with Gasteiger partial charge in [-0.2, -0.15) is 0 Å². The van der Waals surface area contributed by atoms with Crippen LogP contribution in [0.15, 0.2) is 186 Å². The molecule has 2 unspecified atom stereocenters. The zero-order valence-electron chi connectivity index (χ0n) is 37.6. The van der Waals surface area contributed by atoms with E-state index in [1.807, 2.05) is 29.5 Å². The number of thiophene rings is 1. The Morgan fingerprint density at radius 3 is 1.91 bits per heavy atom. The van der Waals surface area contributed by atoms with Gasteiger partial charge in [0.15, 0.2) is 0 Å². The summed E-state index contributed by atoms with van der Waals surface area (Å²) in [6.45, 7) is 7.04. The van der Waals surface area contributed by atoms with Gasteiger partial charge in [0, 0.05) is 48.1 Å². The Hall–Kier alpha value is -6.27. The second kappa shape index (κ2) is 14.6. The quantitative estimate of drug-likeness (QED) is 0.173. The Morgan fingerprint density at radius 2 is 1.11 bits per heavy atom. The summed E-state index contributed by atoms with van der Waals surface area (Å²) in [5.41, 5.74) is 14.2. The predicted octanol–water partition coefficient (Wildman–Crippen LogP) is 16.4. The second-order valence-electron chi connectivity index (χ2n) is 20.1. The van der Waals surface area contributed by atoms with E-state index < -0.39 is 9.84 Å². The van der Waals surface area contributed by atoms with E-state index in [2.05, 4.69) is 183 Å². The van der Waals surface area contributed by atoms with Crippen molar-refractivity contribution in [3.63, 3.8) is 0 Å². The first-order valence-corrected chi connectivity index (χ1v) is 26.1. The Kier molecular flexibility index (Phi) is 8.87. The van der Waals surface area contributed by atoms with E-state index in [1.54, 1.807) is 0 Å². The summed E-state index contributed by atoms with van der Waals surface area (Å²) in [6.07, 6.45) is 5.72. The van der Waals surface area contributed by atoms with Gasteiger partial charge in [0.1, 0.15) is 0 Å². The Bertz CT molecular complexity index is 3550. The zero-order chi connectivity index (χ0) is 44.5. The average molecular weight is 894 g/mol. The molecule has 2 saturated carbocycles. The first-order chi connectivity index (χ1) is 32.1. The van der Waals surface area contributed by atoms with Crippen LogP contribution in [0, 0.1) is 17.8 Å². The lowest BCUT2D eigenvalue weighted by atomic mass is 9.48. The van der Waals surface area contributed by atoms with Gasteiger partial charge >= 0.3 is 0 Å². The summed E-state index contributed by atoms with van der Waals surface area (Å²) < 4.78 is 33.0. The smallest absolute Gasteiger partial charge is 0.207 e. The largest absolute Gasteiger partial charge is 0.310 e. The highest BCUT2D eigenvalue weighted by molar-refractivity contribution is 7.91. The zero-order valence-corrected chi connectivity index (χ0v) is 39.2. The van der Waals surface area contributed by atoms with Gasteiger partial charge in [-0.1, -0.05) is 149 Å². The van der Waals surface area contributed by atoms with Gasteiger partial charge in [0.2, 0.25) is 9.84 Å². The van der Waals surface area contributed by atoms with Gasteiger partial charge in [-0.3, -0.25) is 0 Å². The van der Waals surface area contributed by atoms with Crippen molar-refractivity contribution in [1.82, 2.24) is 0 Å². The van der Waals surface area contributed by atoms with Crippen molar-refractivity contribution in [2.24, 2.45) is 17.8 Å². The first-order valence-electron chi connectivity index (χ1n) is 23.8. The van der Waals surface area contributed by atoms with Crippen LogP contribution in [0.3, 0.4) is 0 Å². The number of sulfone groups is 1. The Labute approximate surface area is 392 Å². The van der Waals surface area contributed by atoms with Crippen LogP contribution in [0.5, 0.6) is 0 Å². The lowest BCUT2D eigenvalue weighted by molar-refractivity contribution is 0.0488. The van der Waals surface area contributed by atoms with Crippen LogP contribution in [0.2, 0.25) is 0 Å². The molecule has 0 amide bonds. The van der Waals surface area contributed by atoms with Crippen molar-refractivity contribution < 1.29 is 8.42 Å². The number of rotatable bonds is 5. The molecule has 2 fully saturated rings. The third kappa shape index (κ3) is 5.63. The highest BCUT2D eigenvalue weighted by atomic mass is 32.2. The molecule has 2 bridgehead atoms. The molecule has 3 aliphatic carbocycles. The molecular weight excluding hydrogens is 843 g/mol. The molecule has 66 heavy (non-hydrogen) atoms. The number of benzene rings is 8. The van der Waals surface area contributed by atoms with Crippen molar-refractivity contribution in [3.8, 4) is 33.4 Å². The molecular formula is C61H51NO2S2. The van der Waals surface area contributed by atoms with Gasteiger partial charge in [-0.25, -0.2) is 8.42 Å². The summed E-state index contributed by atoms with van der Waals surface area (Å²) in [5.74, 6) is 1.43. The monoisotopic (exact) mass is 893 g/mol.